The van der Waals surface area contributed by atoms with Crippen LogP contribution in [0.2, 0.25) is 0 Å². The molecule has 4 rings (SSSR count). The third-order valence-electron chi connectivity index (χ3n) is 5.53. The quantitative estimate of drug-likeness (QED) is 0.414. The molecule has 1 fully saturated rings. The number of hydrogen-bond acceptors (Lipinski definition) is 2. The topological polar surface area (TPSA) is 43.8 Å². The summed E-state index contributed by atoms with van der Waals surface area (Å²) in [6.45, 7) is 3.98. The molecule has 154 valence electrons. The summed E-state index contributed by atoms with van der Waals surface area (Å²) in [6, 6.07) is 22.1. The average Bonchev–Trinajstić information content (AvgIpc) is 2.97. The van der Waals surface area contributed by atoms with Crippen LogP contribution >= 0.6 is 31.9 Å². The van der Waals surface area contributed by atoms with E-state index in [1.54, 1.807) is 4.90 Å². The summed E-state index contributed by atoms with van der Waals surface area (Å²) in [7, 11) is 0. The molecule has 1 heterocycles. The fourth-order valence-corrected chi connectivity index (χ4v) is 4.70. The van der Waals surface area contributed by atoms with Gasteiger partial charge in [-0.1, -0.05) is 68.6 Å². The Balaban J connectivity index is 1.94. The number of amides is 2. The molecule has 0 bridgehead atoms. The highest BCUT2D eigenvalue weighted by atomic mass is 79.9. The van der Waals surface area contributed by atoms with Gasteiger partial charge in [0, 0.05) is 25.9 Å². The van der Waals surface area contributed by atoms with Gasteiger partial charge >= 0.3 is 6.03 Å². The van der Waals surface area contributed by atoms with Gasteiger partial charge in [-0.15, -0.1) is 0 Å². The van der Waals surface area contributed by atoms with Gasteiger partial charge in [0.05, 0.1) is 6.04 Å². The van der Waals surface area contributed by atoms with E-state index in [1.165, 1.54) is 4.90 Å². The lowest BCUT2D eigenvalue weighted by atomic mass is 9.91. The van der Waals surface area contributed by atoms with Crippen LogP contribution in [0.25, 0.3) is 0 Å². The summed E-state index contributed by atoms with van der Waals surface area (Å²) in [4.78, 5) is 17.0. The highest BCUT2D eigenvalue weighted by Gasteiger charge is 2.57. The number of hydrogen-bond donors (Lipinski definition) is 1. The van der Waals surface area contributed by atoms with E-state index in [9.17, 15) is 9.90 Å². The second-order valence-corrected chi connectivity index (χ2v) is 9.29. The van der Waals surface area contributed by atoms with Crippen molar-refractivity contribution >= 4 is 49.3 Å². The number of anilines is 2. The van der Waals surface area contributed by atoms with E-state index in [2.05, 4.69) is 31.9 Å². The molecule has 1 saturated heterocycles. The second-order valence-electron chi connectivity index (χ2n) is 7.46. The van der Waals surface area contributed by atoms with Gasteiger partial charge in [-0.2, -0.15) is 0 Å². The van der Waals surface area contributed by atoms with Gasteiger partial charge in [0.1, 0.15) is 0 Å². The van der Waals surface area contributed by atoms with E-state index in [-0.39, 0.29) is 6.03 Å². The first-order valence-electron chi connectivity index (χ1n) is 9.80. The van der Waals surface area contributed by atoms with Crippen LogP contribution < -0.4 is 9.80 Å². The molecule has 4 nitrogen and oxygen atoms in total. The van der Waals surface area contributed by atoms with Crippen molar-refractivity contribution in [2.75, 3.05) is 9.80 Å². The Labute approximate surface area is 193 Å². The van der Waals surface area contributed by atoms with Gasteiger partial charge in [-0.25, -0.2) is 4.79 Å². The molecular formula is C24H22Br2N2O2. The zero-order valence-electron chi connectivity index (χ0n) is 16.7. The zero-order chi connectivity index (χ0) is 21.5. The van der Waals surface area contributed by atoms with Crippen LogP contribution in [0.5, 0.6) is 0 Å². The first kappa shape index (κ1) is 21.1. The SMILES string of the molecule is CCC1N(c2ccc(Br)cc2)C(=O)N(c2ccc(Br)cc2)C1(O)c1cccc(C)c1. The minimum atomic E-state index is -1.52. The summed E-state index contributed by atoms with van der Waals surface area (Å²) in [5.41, 5.74) is 1.61. The Morgan fingerprint density at radius 3 is 2.03 bits per heavy atom. The van der Waals surface area contributed by atoms with Crippen molar-refractivity contribution in [3.05, 3.63) is 92.9 Å². The maximum atomic E-state index is 13.8. The van der Waals surface area contributed by atoms with Crippen molar-refractivity contribution in [2.45, 2.75) is 32.0 Å². The number of aryl methyl sites for hydroxylation is 1. The lowest BCUT2D eigenvalue weighted by molar-refractivity contribution is 0.0306. The summed E-state index contributed by atoms with van der Waals surface area (Å²) in [5.74, 6) is 0. The molecule has 1 aliphatic heterocycles. The highest BCUT2D eigenvalue weighted by molar-refractivity contribution is 9.10. The molecule has 3 aromatic rings. The fourth-order valence-electron chi connectivity index (χ4n) is 4.17. The first-order chi connectivity index (χ1) is 14.4. The second kappa shape index (κ2) is 8.17. The highest BCUT2D eigenvalue weighted by Crippen LogP contribution is 2.46. The van der Waals surface area contributed by atoms with Crippen molar-refractivity contribution in [3.63, 3.8) is 0 Å². The van der Waals surface area contributed by atoms with E-state index < -0.39 is 11.8 Å². The van der Waals surface area contributed by atoms with Crippen LogP contribution in [0.1, 0.15) is 24.5 Å². The Morgan fingerprint density at radius 2 is 1.50 bits per heavy atom. The molecule has 0 aromatic heterocycles. The average molecular weight is 530 g/mol. The van der Waals surface area contributed by atoms with E-state index in [4.69, 9.17) is 0 Å². The number of urea groups is 1. The van der Waals surface area contributed by atoms with Crippen LogP contribution in [0.3, 0.4) is 0 Å². The molecule has 0 radical (unpaired) electrons. The Hall–Kier alpha value is -2.15. The normalized spacial score (nSPS) is 21.4. The Kier molecular flexibility index (Phi) is 5.75. The molecule has 3 aromatic carbocycles. The maximum Gasteiger partial charge on any atom is 0.332 e. The summed E-state index contributed by atoms with van der Waals surface area (Å²) >= 11 is 6.91. The van der Waals surface area contributed by atoms with Crippen LogP contribution in [-0.4, -0.2) is 17.2 Å². The number of nitrogens with zero attached hydrogens (tertiary/aromatic N) is 2. The van der Waals surface area contributed by atoms with E-state index in [1.807, 2.05) is 86.6 Å². The van der Waals surface area contributed by atoms with Crippen molar-refractivity contribution in [1.29, 1.82) is 0 Å². The molecule has 30 heavy (non-hydrogen) atoms. The van der Waals surface area contributed by atoms with Crippen molar-refractivity contribution in [2.24, 2.45) is 0 Å². The Morgan fingerprint density at radius 1 is 0.933 bits per heavy atom. The molecule has 6 heteroatoms. The smallest absolute Gasteiger partial charge is 0.332 e. The van der Waals surface area contributed by atoms with Crippen molar-refractivity contribution < 1.29 is 9.90 Å². The Bertz CT molecular complexity index is 1070. The molecule has 2 unspecified atom stereocenters. The zero-order valence-corrected chi connectivity index (χ0v) is 19.9. The van der Waals surface area contributed by atoms with Crippen LogP contribution in [0.4, 0.5) is 16.2 Å². The maximum absolute atomic E-state index is 13.8. The molecule has 1 aliphatic rings. The van der Waals surface area contributed by atoms with E-state index >= 15 is 0 Å². The van der Waals surface area contributed by atoms with Gasteiger partial charge in [0.15, 0.2) is 5.72 Å². The minimum absolute atomic E-state index is 0.254. The van der Waals surface area contributed by atoms with Crippen molar-refractivity contribution in [1.82, 2.24) is 0 Å². The number of halogens is 2. The number of carbonyl (C=O) groups is 1. The number of rotatable bonds is 4. The standard InChI is InChI=1S/C24H22Br2N2O2/c1-3-22-24(30,17-6-4-5-16(2)15-17)28(21-13-9-19(26)10-14-21)23(29)27(22)20-11-7-18(25)8-12-20/h4-15,22,30H,3H2,1-2H3. The predicted octanol–water partition coefficient (Wildman–Crippen LogP) is 6.59. The van der Waals surface area contributed by atoms with Crippen LogP contribution in [0.15, 0.2) is 81.7 Å². The molecule has 0 saturated carbocycles. The van der Waals surface area contributed by atoms with E-state index in [0.29, 0.717) is 17.7 Å². The monoisotopic (exact) mass is 528 g/mol. The third kappa shape index (κ3) is 3.47. The van der Waals surface area contributed by atoms with Gasteiger partial charge in [-0.05, 0) is 61.9 Å². The summed E-state index contributed by atoms with van der Waals surface area (Å²) in [5, 5.41) is 12.2. The molecule has 2 amide bonds. The molecule has 2 atom stereocenters. The predicted molar refractivity (Wildman–Crippen MR) is 128 cm³/mol. The summed E-state index contributed by atoms with van der Waals surface area (Å²) in [6.07, 6.45) is 0.583. The van der Waals surface area contributed by atoms with Crippen LogP contribution in [0, 0.1) is 6.92 Å². The van der Waals surface area contributed by atoms with Crippen molar-refractivity contribution in [3.8, 4) is 0 Å². The van der Waals surface area contributed by atoms with Crippen LogP contribution in [-0.2, 0) is 5.72 Å². The lowest BCUT2D eigenvalue weighted by Crippen LogP contribution is -2.49. The number of carbonyl (C=O) groups excluding carboxylic acids is 1. The van der Waals surface area contributed by atoms with Gasteiger partial charge in [-0.3, -0.25) is 9.80 Å². The molecule has 1 N–H and O–H groups in total. The minimum Gasteiger partial charge on any atom is -0.365 e. The van der Waals surface area contributed by atoms with Gasteiger partial charge in [0.2, 0.25) is 0 Å². The first-order valence-corrected chi connectivity index (χ1v) is 11.4. The van der Waals surface area contributed by atoms with Gasteiger partial charge in [0.25, 0.3) is 0 Å². The number of benzene rings is 3. The van der Waals surface area contributed by atoms with Gasteiger partial charge < -0.3 is 5.11 Å². The van der Waals surface area contributed by atoms with E-state index in [0.717, 1.165) is 20.2 Å². The molecule has 0 aliphatic carbocycles. The summed E-state index contributed by atoms with van der Waals surface area (Å²) < 4.78 is 1.85. The number of aliphatic hydroxyl groups is 1. The largest absolute Gasteiger partial charge is 0.365 e. The molecular weight excluding hydrogens is 508 g/mol. The lowest BCUT2D eigenvalue weighted by Gasteiger charge is -2.37. The molecule has 0 spiro atoms. The fraction of sp³-hybridized carbons (Fsp3) is 0.208. The third-order valence-corrected chi connectivity index (χ3v) is 6.59.